The van der Waals surface area contributed by atoms with Crippen LogP contribution in [0.25, 0.3) is 0 Å². The van der Waals surface area contributed by atoms with E-state index in [0.29, 0.717) is 5.56 Å². The van der Waals surface area contributed by atoms with Gasteiger partial charge in [0.1, 0.15) is 0 Å². The highest BCUT2D eigenvalue weighted by molar-refractivity contribution is 7.91. The van der Waals surface area contributed by atoms with Gasteiger partial charge in [-0.2, -0.15) is 0 Å². The zero-order valence-corrected chi connectivity index (χ0v) is 12.4. The van der Waals surface area contributed by atoms with Crippen molar-refractivity contribution in [2.24, 2.45) is 0 Å². The number of benzene rings is 2. The molecule has 0 bridgehead atoms. The highest BCUT2D eigenvalue weighted by atomic mass is 32.2. The summed E-state index contributed by atoms with van der Waals surface area (Å²) in [6.45, 7) is 3.84. The van der Waals surface area contributed by atoms with Crippen molar-refractivity contribution in [2.75, 3.05) is 5.75 Å². The number of hydrogen-bond acceptors (Lipinski definition) is 3. The third-order valence-electron chi connectivity index (χ3n) is 3.22. The number of sulfone groups is 1. The lowest BCUT2D eigenvalue weighted by atomic mass is 10.1. The summed E-state index contributed by atoms with van der Waals surface area (Å²) >= 11 is 0. The average Bonchev–Trinajstić information content (AvgIpc) is 2.39. The van der Waals surface area contributed by atoms with Crippen molar-refractivity contribution in [3.63, 3.8) is 0 Å². The zero-order valence-electron chi connectivity index (χ0n) is 11.6. The Hall–Kier alpha value is -1.65. The molecule has 2 aromatic rings. The Labute approximate surface area is 119 Å². The third kappa shape index (κ3) is 3.46. The molecule has 1 atom stereocenters. The van der Waals surface area contributed by atoms with Crippen LogP contribution >= 0.6 is 0 Å². The molecule has 0 heterocycles. The first-order valence-corrected chi connectivity index (χ1v) is 8.08. The van der Waals surface area contributed by atoms with Crippen LogP contribution in [0.2, 0.25) is 0 Å². The Morgan fingerprint density at radius 3 is 1.85 bits per heavy atom. The molecule has 1 N–H and O–H groups in total. The van der Waals surface area contributed by atoms with Gasteiger partial charge in [-0.1, -0.05) is 47.5 Å². The van der Waals surface area contributed by atoms with E-state index in [0.717, 1.165) is 11.1 Å². The van der Waals surface area contributed by atoms with E-state index in [4.69, 9.17) is 0 Å². The van der Waals surface area contributed by atoms with Gasteiger partial charge in [-0.25, -0.2) is 8.42 Å². The summed E-state index contributed by atoms with van der Waals surface area (Å²) in [4.78, 5) is 0.245. The smallest absolute Gasteiger partial charge is 0.181 e. The van der Waals surface area contributed by atoms with Crippen molar-refractivity contribution in [1.82, 2.24) is 0 Å². The van der Waals surface area contributed by atoms with Crippen LogP contribution in [0.4, 0.5) is 0 Å². The van der Waals surface area contributed by atoms with Crippen molar-refractivity contribution in [2.45, 2.75) is 24.8 Å². The van der Waals surface area contributed by atoms with Crippen LogP contribution in [0.5, 0.6) is 0 Å². The molecular weight excluding hydrogens is 272 g/mol. The molecule has 2 aromatic carbocycles. The van der Waals surface area contributed by atoms with Gasteiger partial charge in [-0.3, -0.25) is 0 Å². The fourth-order valence-corrected chi connectivity index (χ4v) is 3.29. The van der Waals surface area contributed by atoms with Gasteiger partial charge in [0, 0.05) is 0 Å². The molecule has 0 aliphatic heterocycles. The molecule has 2 rings (SSSR count). The molecule has 0 aromatic heterocycles. The molecule has 0 fully saturated rings. The standard InChI is InChI=1S/C16H18O3S/c1-12-3-7-14(8-4-12)16(17)11-20(18,19)15-9-5-13(2)6-10-15/h3-10,16-17H,11H2,1-2H3. The predicted octanol–water partition coefficient (Wildman–Crippen LogP) is 2.81. The first-order valence-electron chi connectivity index (χ1n) is 6.42. The Bertz CT molecular complexity index is 671. The van der Waals surface area contributed by atoms with E-state index in [1.54, 1.807) is 36.4 Å². The topological polar surface area (TPSA) is 54.4 Å². The molecular formula is C16H18O3S. The van der Waals surface area contributed by atoms with E-state index in [1.807, 2.05) is 26.0 Å². The summed E-state index contributed by atoms with van der Waals surface area (Å²) in [6, 6.07) is 13.9. The molecule has 0 spiro atoms. The first-order chi connectivity index (χ1) is 9.38. The lowest BCUT2D eigenvalue weighted by Gasteiger charge is -2.12. The molecule has 0 amide bonds. The Morgan fingerprint density at radius 2 is 1.35 bits per heavy atom. The summed E-state index contributed by atoms with van der Waals surface area (Å²) in [5.74, 6) is -0.306. The highest BCUT2D eigenvalue weighted by Gasteiger charge is 2.20. The normalized spacial score (nSPS) is 13.2. The molecule has 0 radical (unpaired) electrons. The van der Waals surface area contributed by atoms with E-state index < -0.39 is 15.9 Å². The monoisotopic (exact) mass is 290 g/mol. The van der Waals surface area contributed by atoms with E-state index in [-0.39, 0.29) is 10.6 Å². The van der Waals surface area contributed by atoms with Crippen LogP contribution < -0.4 is 0 Å². The number of rotatable bonds is 4. The SMILES string of the molecule is Cc1ccc(C(O)CS(=O)(=O)c2ccc(C)cc2)cc1. The number of hydrogen-bond donors (Lipinski definition) is 1. The number of aryl methyl sites for hydroxylation is 2. The van der Waals surface area contributed by atoms with Crippen LogP contribution in [0, 0.1) is 13.8 Å². The Balaban J connectivity index is 2.19. The van der Waals surface area contributed by atoms with Crippen LogP contribution in [0.15, 0.2) is 53.4 Å². The second kappa shape index (κ2) is 5.77. The van der Waals surface area contributed by atoms with Gasteiger partial charge < -0.3 is 5.11 Å². The van der Waals surface area contributed by atoms with E-state index in [2.05, 4.69) is 0 Å². The minimum atomic E-state index is -3.48. The molecule has 3 nitrogen and oxygen atoms in total. The van der Waals surface area contributed by atoms with Crippen molar-refractivity contribution in [3.05, 3.63) is 65.2 Å². The van der Waals surface area contributed by atoms with E-state index in [9.17, 15) is 13.5 Å². The van der Waals surface area contributed by atoms with Crippen molar-refractivity contribution in [3.8, 4) is 0 Å². The fraction of sp³-hybridized carbons (Fsp3) is 0.250. The summed E-state index contributed by atoms with van der Waals surface area (Å²) < 4.78 is 24.5. The van der Waals surface area contributed by atoms with Crippen molar-refractivity contribution in [1.29, 1.82) is 0 Å². The van der Waals surface area contributed by atoms with E-state index >= 15 is 0 Å². The lowest BCUT2D eigenvalue weighted by molar-refractivity contribution is 0.201. The van der Waals surface area contributed by atoms with Gasteiger partial charge in [-0.15, -0.1) is 0 Å². The van der Waals surface area contributed by atoms with Gasteiger partial charge in [0.2, 0.25) is 0 Å². The van der Waals surface area contributed by atoms with Gasteiger partial charge in [0.25, 0.3) is 0 Å². The second-order valence-electron chi connectivity index (χ2n) is 5.02. The highest BCUT2D eigenvalue weighted by Crippen LogP contribution is 2.20. The number of aliphatic hydroxyl groups is 1. The predicted molar refractivity (Wildman–Crippen MR) is 79.4 cm³/mol. The molecule has 20 heavy (non-hydrogen) atoms. The van der Waals surface area contributed by atoms with Crippen LogP contribution in [-0.4, -0.2) is 19.3 Å². The van der Waals surface area contributed by atoms with Crippen LogP contribution in [0.3, 0.4) is 0 Å². The molecule has 0 saturated carbocycles. The summed E-state index contributed by atoms with van der Waals surface area (Å²) in [5.41, 5.74) is 2.69. The molecule has 0 saturated heterocycles. The van der Waals surface area contributed by atoms with E-state index in [1.165, 1.54) is 0 Å². The molecule has 4 heteroatoms. The first kappa shape index (κ1) is 14.8. The number of aliphatic hydroxyl groups excluding tert-OH is 1. The van der Waals surface area contributed by atoms with Crippen LogP contribution in [-0.2, 0) is 9.84 Å². The zero-order chi connectivity index (χ0) is 14.8. The summed E-state index contributed by atoms with van der Waals surface area (Å²) in [6.07, 6.45) is -1.01. The van der Waals surface area contributed by atoms with Gasteiger partial charge >= 0.3 is 0 Å². The fourth-order valence-electron chi connectivity index (χ4n) is 1.93. The molecule has 0 aliphatic carbocycles. The maximum absolute atomic E-state index is 12.2. The second-order valence-corrected chi connectivity index (χ2v) is 7.06. The van der Waals surface area contributed by atoms with Gasteiger partial charge in [0.05, 0.1) is 16.8 Å². The third-order valence-corrected chi connectivity index (χ3v) is 4.96. The van der Waals surface area contributed by atoms with Crippen molar-refractivity contribution >= 4 is 9.84 Å². The minimum Gasteiger partial charge on any atom is -0.387 e. The summed E-state index contributed by atoms with van der Waals surface area (Å²) in [5, 5.41) is 10.1. The minimum absolute atomic E-state index is 0.245. The maximum Gasteiger partial charge on any atom is 0.181 e. The Kier molecular flexibility index (Phi) is 4.26. The summed E-state index contributed by atoms with van der Waals surface area (Å²) in [7, 11) is -3.48. The lowest BCUT2D eigenvalue weighted by Crippen LogP contribution is -2.14. The molecule has 1 unspecified atom stereocenters. The maximum atomic E-state index is 12.2. The van der Waals surface area contributed by atoms with Crippen LogP contribution in [0.1, 0.15) is 22.8 Å². The van der Waals surface area contributed by atoms with Crippen molar-refractivity contribution < 1.29 is 13.5 Å². The van der Waals surface area contributed by atoms with Gasteiger partial charge in [0.15, 0.2) is 9.84 Å². The van der Waals surface area contributed by atoms with Gasteiger partial charge in [-0.05, 0) is 31.5 Å². The average molecular weight is 290 g/mol. The molecule has 0 aliphatic rings. The largest absolute Gasteiger partial charge is 0.387 e. The quantitative estimate of drug-likeness (QED) is 0.942. The Morgan fingerprint density at radius 1 is 0.900 bits per heavy atom. The molecule has 106 valence electrons.